The topological polar surface area (TPSA) is 86.1 Å². The zero-order valence-corrected chi connectivity index (χ0v) is 16.4. The Kier molecular flexibility index (Phi) is 5.75. The zero-order chi connectivity index (χ0) is 20.3. The van der Waals surface area contributed by atoms with E-state index in [0.29, 0.717) is 22.0 Å². The average Bonchev–Trinajstić information content (AvgIpc) is 3.14. The Balaban J connectivity index is 1.87. The van der Waals surface area contributed by atoms with Crippen LogP contribution >= 0.6 is 11.6 Å². The molecule has 28 heavy (non-hydrogen) atoms. The van der Waals surface area contributed by atoms with Crippen molar-refractivity contribution in [3.05, 3.63) is 70.5 Å². The molecule has 0 aliphatic heterocycles. The number of benzene rings is 2. The number of esters is 1. The Morgan fingerprint density at radius 3 is 2.29 bits per heavy atom. The first-order valence-corrected chi connectivity index (χ1v) is 8.99. The van der Waals surface area contributed by atoms with Crippen LogP contribution in [-0.4, -0.2) is 34.0 Å². The molecule has 144 valence electrons. The highest BCUT2D eigenvalue weighted by atomic mass is 35.5. The summed E-state index contributed by atoms with van der Waals surface area (Å²) in [6.45, 7) is 3.93. The Labute approximate surface area is 167 Å². The third kappa shape index (κ3) is 4.04. The fraction of sp³-hybridized carbons (Fsp3) is 0.200. The quantitative estimate of drug-likeness (QED) is 0.654. The second-order valence-electron chi connectivity index (χ2n) is 6.39. The lowest BCUT2D eigenvalue weighted by molar-refractivity contribution is 0.0600. The number of ether oxygens (including phenoxy) is 1. The number of amides is 1. The van der Waals surface area contributed by atoms with Crippen molar-refractivity contribution in [2.24, 2.45) is 0 Å². The van der Waals surface area contributed by atoms with E-state index >= 15 is 0 Å². The monoisotopic (exact) mass is 398 g/mol. The predicted molar refractivity (Wildman–Crippen MR) is 106 cm³/mol. The maximum absolute atomic E-state index is 12.8. The van der Waals surface area contributed by atoms with Crippen LogP contribution in [0.4, 0.5) is 5.69 Å². The molecule has 1 heterocycles. The van der Waals surface area contributed by atoms with Crippen molar-refractivity contribution in [3.8, 4) is 5.69 Å². The fourth-order valence-electron chi connectivity index (χ4n) is 2.74. The Morgan fingerprint density at radius 1 is 1.07 bits per heavy atom. The minimum atomic E-state index is -0.439. The van der Waals surface area contributed by atoms with Crippen molar-refractivity contribution in [2.45, 2.75) is 19.8 Å². The van der Waals surface area contributed by atoms with Crippen LogP contribution in [0.25, 0.3) is 5.69 Å². The van der Waals surface area contributed by atoms with Gasteiger partial charge in [-0.15, -0.1) is 5.10 Å². The van der Waals surface area contributed by atoms with E-state index in [2.05, 4.69) is 20.4 Å². The molecule has 1 aromatic heterocycles. The summed E-state index contributed by atoms with van der Waals surface area (Å²) >= 11 is 5.95. The first kappa shape index (κ1) is 19.6. The van der Waals surface area contributed by atoms with Gasteiger partial charge < -0.3 is 10.1 Å². The summed E-state index contributed by atoms with van der Waals surface area (Å²) in [6, 6.07) is 13.6. The number of nitrogens with zero attached hydrogens (tertiary/aromatic N) is 3. The van der Waals surface area contributed by atoms with Crippen LogP contribution in [0, 0.1) is 0 Å². The standard InChI is InChI=1S/C20H19ClN4O3/c1-12(2)18-17(23-24-25(18)16-10-6-14(21)7-11-16)19(26)22-15-8-4-13(5-9-15)20(27)28-3/h4-12H,1-3H3,(H,22,26). The predicted octanol–water partition coefficient (Wildman–Crippen LogP) is 4.08. The number of hydrogen-bond acceptors (Lipinski definition) is 5. The number of halogens is 1. The van der Waals surface area contributed by atoms with Gasteiger partial charge in [0.1, 0.15) is 0 Å². The molecule has 7 nitrogen and oxygen atoms in total. The van der Waals surface area contributed by atoms with Gasteiger partial charge in [0.2, 0.25) is 0 Å². The molecule has 0 aliphatic carbocycles. The zero-order valence-electron chi connectivity index (χ0n) is 15.6. The third-order valence-corrected chi connectivity index (χ3v) is 4.35. The molecular weight excluding hydrogens is 380 g/mol. The Hall–Kier alpha value is -3.19. The Bertz CT molecular complexity index is 995. The van der Waals surface area contributed by atoms with E-state index in [0.717, 1.165) is 5.69 Å². The molecule has 0 bridgehead atoms. The van der Waals surface area contributed by atoms with Crippen molar-refractivity contribution < 1.29 is 14.3 Å². The van der Waals surface area contributed by atoms with Gasteiger partial charge in [-0.2, -0.15) is 0 Å². The minimum Gasteiger partial charge on any atom is -0.465 e. The molecule has 0 fully saturated rings. The largest absolute Gasteiger partial charge is 0.465 e. The maximum Gasteiger partial charge on any atom is 0.337 e. The maximum atomic E-state index is 12.8. The fourth-order valence-corrected chi connectivity index (χ4v) is 2.87. The molecule has 0 saturated carbocycles. The van der Waals surface area contributed by atoms with Crippen molar-refractivity contribution >= 4 is 29.2 Å². The molecule has 0 atom stereocenters. The lowest BCUT2D eigenvalue weighted by atomic mass is 10.1. The van der Waals surface area contributed by atoms with E-state index in [-0.39, 0.29) is 17.5 Å². The van der Waals surface area contributed by atoms with Crippen LogP contribution in [0.3, 0.4) is 0 Å². The number of hydrogen-bond donors (Lipinski definition) is 1. The molecule has 0 unspecified atom stereocenters. The highest BCUT2D eigenvalue weighted by molar-refractivity contribution is 6.30. The SMILES string of the molecule is COC(=O)c1ccc(NC(=O)c2nnn(-c3ccc(Cl)cc3)c2C(C)C)cc1. The summed E-state index contributed by atoms with van der Waals surface area (Å²) in [5, 5.41) is 11.6. The van der Waals surface area contributed by atoms with Crippen molar-refractivity contribution in [2.75, 3.05) is 12.4 Å². The van der Waals surface area contributed by atoms with E-state index in [4.69, 9.17) is 11.6 Å². The first-order chi connectivity index (χ1) is 13.4. The number of rotatable bonds is 5. The van der Waals surface area contributed by atoms with Crippen LogP contribution in [0.2, 0.25) is 5.02 Å². The molecule has 0 aliphatic rings. The van der Waals surface area contributed by atoms with Crippen LogP contribution in [0.1, 0.15) is 46.3 Å². The molecule has 3 aromatic rings. The van der Waals surface area contributed by atoms with Crippen LogP contribution in [0.15, 0.2) is 48.5 Å². The lowest BCUT2D eigenvalue weighted by Crippen LogP contribution is -2.16. The van der Waals surface area contributed by atoms with Gasteiger partial charge in [0.05, 0.1) is 24.1 Å². The number of anilines is 1. The van der Waals surface area contributed by atoms with Crippen molar-refractivity contribution in [3.63, 3.8) is 0 Å². The third-order valence-electron chi connectivity index (χ3n) is 4.10. The molecule has 0 spiro atoms. The molecule has 0 saturated heterocycles. The highest BCUT2D eigenvalue weighted by Gasteiger charge is 2.23. The number of carbonyl (C=O) groups excluding carboxylic acids is 2. The van der Waals surface area contributed by atoms with E-state index < -0.39 is 5.97 Å². The van der Waals surface area contributed by atoms with Gasteiger partial charge in [0, 0.05) is 10.7 Å². The lowest BCUT2D eigenvalue weighted by Gasteiger charge is -2.11. The van der Waals surface area contributed by atoms with Gasteiger partial charge in [0.15, 0.2) is 5.69 Å². The van der Waals surface area contributed by atoms with E-state index in [1.807, 2.05) is 26.0 Å². The van der Waals surface area contributed by atoms with E-state index in [1.165, 1.54) is 7.11 Å². The van der Waals surface area contributed by atoms with Gasteiger partial charge in [-0.3, -0.25) is 4.79 Å². The summed E-state index contributed by atoms with van der Waals surface area (Å²) in [7, 11) is 1.31. The van der Waals surface area contributed by atoms with Gasteiger partial charge in [-0.05, 0) is 54.4 Å². The first-order valence-electron chi connectivity index (χ1n) is 8.62. The summed E-state index contributed by atoms with van der Waals surface area (Å²) in [5.74, 6) is -0.811. The van der Waals surface area contributed by atoms with Gasteiger partial charge in [-0.1, -0.05) is 30.7 Å². The molecule has 8 heteroatoms. The van der Waals surface area contributed by atoms with Crippen molar-refractivity contribution in [1.29, 1.82) is 0 Å². The van der Waals surface area contributed by atoms with Crippen LogP contribution in [0.5, 0.6) is 0 Å². The highest BCUT2D eigenvalue weighted by Crippen LogP contribution is 2.23. The molecule has 1 amide bonds. The number of methoxy groups -OCH3 is 1. The number of nitrogens with one attached hydrogen (secondary N) is 1. The summed E-state index contributed by atoms with van der Waals surface area (Å²) in [4.78, 5) is 24.3. The van der Waals surface area contributed by atoms with E-state index in [1.54, 1.807) is 41.1 Å². The molecule has 2 aromatic carbocycles. The molecule has 1 N–H and O–H groups in total. The Morgan fingerprint density at radius 2 is 1.71 bits per heavy atom. The second kappa shape index (κ2) is 8.22. The van der Waals surface area contributed by atoms with Crippen molar-refractivity contribution in [1.82, 2.24) is 15.0 Å². The average molecular weight is 399 g/mol. The summed E-state index contributed by atoms with van der Waals surface area (Å²) in [5.41, 5.74) is 2.63. The van der Waals surface area contributed by atoms with Crippen LogP contribution < -0.4 is 5.32 Å². The van der Waals surface area contributed by atoms with Gasteiger partial charge in [0.25, 0.3) is 5.91 Å². The second-order valence-corrected chi connectivity index (χ2v) is 6.83. The number of carbonyl (C=O) groups is 2. The molecule has 3 rings (SSSR count). The minimum absolute atomic E-state index is 0.00753. The van der Waals surface area contributed by atoms with Gasteiger partial charge in [-0.25, -0.2) is 9.48 Å². The van der Waals surface area contributed by atoms with Crippen LogP contribution in [-0.2, 0) is 4.74 Å². The smallest absolute Gasteiger partial charge is 0.337 e. The molecular formula is C20H19ClN4O3. The normalized spacial score (nSPS) is 10.8. The summed E-state index contributed by atoms with van der Waals surface area (Å²) in [6.07, 6.45) is 0. The summed E-state index contributed by atoms with van der Waals surface area (Å²) < 4.78 is 6.30. The molecule has 0 radical (unpaired) electrons. The number of aromatic nitrogens is 3. The van der Waals surface area contributed by atoms with Gasteiger partial charge >= 0.3 is 5.97 Å². The van der Waals surface area contributed by atoms with E-state index in [9.17, 15) is 9.59 Å².